The largest absolute Gasteiger partial charge is 0.352 e. The first-order valence-corrected chi connectivity index (χ1v) is 6.00. The summed E-state index contributed by atoms with van der Waals surface area (Å²) in [7, 11) is 0. The topological polar surface area (TPSA) is 32.3 Å². The minimum Gasteiger partial charge on any atom is -0.352 e. The smallest absolute Gasteiger partial charge is 0.267 e. The molecule has 3 rings (SSSR count). The number of amides is 1. The van der Waals surface area contributed by atoms with Crippen LogP contribution in [0.25, 0.3) is 0 Å². The number of fused-ring (bicyclic) bond motifs is 3. The lowest BCUT2D eigenvalue weighted by Gasteiger charge is -2.32. The van der Waals surface area contributed by atoms with Gasteiger partial charge in [0.05, 0.1) is 17.9 Å². The summed E-state index contributed by atoms with van der Waals surface area (Å²) in [6, 6.07) is 4.48. The fraction of sp³-hybridized carbons (Fsp3) is 0.364. The summed E-state index contributed by atoms with van der Waals surface area (Å²) in [5.41, 5.74) is 1.24. The highest BCUT2D eigenvalue weighted by molar-refractivity contribution is 9.10. The van der Waals surface area contributed by atoms with Crippen molar-refractivity contribution >= 4 is 33.2 Å². The van der Waals surface area contributed by atoms with E-state index in [0.717, 1.165) is 4.47 Å². The van der Waals surface area contributed by atoms with Gasteiger partial charge >= 0.3 is 0 Å². The fourth-order valence-electron chi connectivity index (χ4n) is 2.37. The molecule has 6 heteroatoms. The fourth-order valence-corrected chi connectivity index (χ4v) is 2.72. The number of nitrogens with one attached hydrogen (secondary N) is 1. The molecule has 0 aromatic heterocycles. The molecule has 0 saturated carbocycles. The van der Waals surface area contributed by atoms with Crippen LogP contribution in [-0.4, -0.2) is 24.4 Å². The van der Waals surface area contributed by atoms with Crippen LogP contribution < -0.4 is 10.2 Å². The average molecular weight is 303 g/mol. The standard InChI is InChI=1S/C11H9BrF2N2O/c12-6-1-2-7-8(3-6)16-5-11(13,14)4-9(16)10(17)15-7/h1-3,9H,4-5H2,(H,15,17)/t9-/m0/s1. The third kappa shape index (κ3) is 1.71. The number of carbonyl (C=O) groups is 1. The molecule has 1 aromatic carbocycles. The monoisotopic (exact) mass is 302 g/mol. The van der Waals surface area contributed by atoms with Crippen molar-refractivity contribution in [2.45, 2.75) is 18.4 Å². The summed E-state index contributed by atoms with van der Waals surface area (Å²) < 4.78 is 27.6. The van der Waals surface area contributed by atoms with E-state index in [1.54, 1.807) is 18.2 Å². The van der Waals surface area contributed by atoms with Gasteiger partial charge in [0, 0.05) is 10.9 Å². The van der Waals surface area contributed by atoms with E-state index in [0.29, 0.717) is 11.4 Å². The summed E-state index contributed by atoms with van der Waals surface area (Å²) in [5, 5.41) is 2.66. The molecule has 1 N–H and O–H groups in total. The van der Waals surface area contributed by atoms with Crippen LogP contribution >= 0.6 is 15.9 Å². The minimum atomic E-state index is -2.80. The first-order chi connectivity index (χ1) is 7.96. The Balaban J connectivity index is 2.09. The highest BCUT2D eigenvalue weighted by Crippen LogP contribution is 2.42. The zero-order chi connectivity index (χ0) is 12.2. The summed E-state index contributed by atoms with van der Waals surface area (Å²) >= 11 is 3.30. The number of nitrogens with zero attached hydrogens (tertiary/aromatic N) is 1. The summed E-state index contributed by atoms with van der Waals surface area (Å²) in [5.74, 6) is -3.15. The molecule has 1 atom stereocenters. The zero-order valence-electron chi connectivity index (χ0n) is 8.71. The van der Waals surface area contributed by atoms with Gasteiger partial charge in [-0.3, -0.25) is 4.79 Å². The van der Waals surface area contributed by atoms with Crippen LogP contribution in [0.15, 0.2) is 22.7 Å². The first kappa shape index (κ1) is 11.0. The van der Waals surface area contributed by atoms with Crippen molar-refractivity contribution in [3.8, 4) is 0 Å². The third-order valence-corrected chi connectivity index (χ3v) is 3.59. The molecular formula is C11H9BrF2N2O. The van der Waals surface area contributed by atoms with E-state index in [-0.39, 0.29) is 5.91 Å². The van der Waals surface area contributed by atoms with Gasteiger partial charge in [0.2, 0.25) is 5.91 Å². The summed E-state index contributed by atoms with van der Waals surface area (Å²) in [6.07, 6.45) is -0.412. The lowest BCUT2D eigenvalue weighted by molar-refractivity contribution is -0.118. The van der Waals surface area contributed by atoms with Gasteiger partial charge in [-0.05, 0) is 18.2 Å². The van der Waals surface area contributed by atoms with Gasteiger partial charge in [-0.2, -0.15) is 0 Å². The minimum absolute atomic E-state index is 0.350. The maximum atomic E-state index is 13.4. The summed E-state index contributed by atoms with van der Waals surface area (Å²) in [6.45, 7) is -0.394. The average Bonchev–Trinajstić information content (AvgIpc) is 2.56. The van der Waals surface area contributed by atoms with E-state index in [9.17, 15) is 13.6 Å². The molecular weight excluding hydrogens is 294 g/mol. The third-order valence-electron chi connectivity index (χ3n) is 3.10. The van der Waals surface area contributed by atoms with Crippen LogP contribution in [-0.2, 0) is 4.79 Å². The predicted molar refractivity (Wildman–Crippen MR) is 63.5 cm³/mol. The van der Waals surface area contributed by atoms with E-state index in [1.165, 1.54) is 4.90 Å². The van der Waals surface area contributed by atoms with E-state index in [1.807, 2.05) is 0 Å². The Morgan fingerprint density at radius 3 is 3.00 bits per heavy atom. The number of alkyl halides is 2. The molecule has 2 aliphatic heterocycles. The highest BCUT2D eigenvalue weighted by atomic mass is 79.9. The van der Waals surface area contributed by atoms with Crippen LogP contribution in [0.2, 0.25) is 0 Å². The van der Waals surface area contributed by atoms with Gasteiger partial charge < -0.3 is 10.2 Å². The molecule has 1 aromatic rings. The zero-order valence-corrected chi connectivity index (χ0v) is 10.3. The Kier molecular flexibility index (Phi) is 2.20. The number of benzene rings is 1. The van der Waals surface area contributed by atoms with Crippen LogP contribution in [0.5, 0.6) is 0 Å². The predicted octanol–water partition coefficient (Wildman–Crippen LogP) is 2.62. The molecule has 0 aliphatic carbocycles. The Bertz CT molecular complexity index is 506. The molecule has 90 valence electrons. The van der Waals surface area contributed by atoms with Gasteiger partial charge in [0.25, 0.3) is 5.92 Å². The molecule has 1 amide bonds. The molecule has 0 spiro atoms. The Morgan fingerprint density at radius 2 is 2.24 bits per heavy atom. The maximum absolute atomic E-state index is 13.4. The molecule has 0 unspecified atom stereocenters. The van der Waals surface area contributed by atoms with Crippen molar-refractivity contribution in [1.82, 2.24) is 0 Å². The van der Waals surface area contributed by atoms with Crippen LogP contribution in [0.4, 0.5) is 20.2 Å². The summed E-state index contributed by atoms with van der Waals surface area (Å²) in [4.78, 5) is 13.2. The number of hydrogen-bond donors (Lipinski definition) is 1. The van der Waals surface area contributed by atoms with Gasteiger partial charge in [0.15, 0.2) is 0 Å². The SMILES string of the molecule is O=C1Nc2ccc(Br)cc2N2CC(F)(F)C[C@@H]12. The van der Waals surface area contributed by atoms with Crippen molar-refractivity contribution in [2.75, 3.05) is 16.8 Å². The second-order valence-corrected chi connectivity index (χ2v) is 5.27. The Labute approximate surface area is 105 Å². The van der Waals surface area contributed by atoms with E-state index in [4.69, 9.17) is 0 Å². The maximum Gasteiger partial charge on any atom is 0.267 e. The number of carbonyl (C=O) groups excluding carboxylic acids is 1. The van der Waals surface area contributed by atoms with E-state index >= 15 is 0 Å². The quantitative estimate of drug-likeness (QED) is 0.799. The van der Waals surface area contributed by atoms with E-state index < -0.39 is 24.9 Å². The van der Waals surface area contributed by atoms with Crippen molar-refractivity contribution < 1.29 is 13.6 Å². The first-order valence-electron chi connectivity index (χ1n) is 5.21. The van der Waals surface area contributed by atoms with Gasteiger partial charge in [-0.15, -0.1) is 0 Å². The lowest BCUT2D eigenvalue weighted by atomic mass is 10.1. The lowest BCUT2D eigenvalue weighted by Crippen LogP contribution is -2.43. The van der Waals surface area contributed by atoms with Gasteiger partial charge in [0.1, 0.15) is 6.04 Å². The second-order valence-electron chi connectivity index (χ2n) is 4.35. The molecule has 2 aliphatic rings. The van der Waals surface area contributed by atoms with Crippen LogP contribution in [0.3, 0.4) is 0 Å². The molecule has 0 bridgehead atoms. The second kappa shape index (κ2) is 3.41. The number of rotatable bonds is 0. The van der Waals surface area contributed by atoms with E-state index in [2.05, 4.69) is 21.2 Å². The number of halogens is 3. The Morgan fingerprint density at radius 1 is 1.47 bits per heavy atom. The molecule has 1 fully saturated rings. The molecule has 1 saturated heterocycles. The van der Waals surface area contributed by atoms with Gasteiger partial charge in [-0.25, -0.2) is 8.78 Å². The van der Waals surface area contributed by atoms with Gasteiger partial charge in [-0.1, -0.05) is 15.9 Å². The highest BCUT2D eigenvalue weighted by Gasteiger charge is 2.50. The molecule has 2 heterocycles. The number of hydrogen-bond acceptors (Lipinski definition) is 2. The normalized spacial score (nSPS) is 25.2. The number of anilines is 2. The van der Waals surface area contributed by atoms with Crippen LogP contribution in [0.1, 0.15) is 6.42 Å². The van der Waals surface area contributed by atoms with Crippen molar-refractivity contribution in [1.29, 1.82) is 0 Å². The van der Waals surface area contributed by atoms with Crippen LogP contribution in [0, 0.1) is 0 Å². The van der Waals surface area contributed by atoms with Crippen molar-refractivity contribution in [2.24, 2.45) is 0 Å². The molecule has 17 heavy (non-hydrogen) atoms. The Hall–Kier alpha value is -1.17. The van der Waals surface area contributed by atoms with Crippen molar-refractivity contribution in [3.63, 3.8) is 0 Å². The van der Waals surface area contributed by atoms with Crippen molar-refractivity contribution in [3.05, 3.63) is 22.7 Å². The molecule has 3 nitrogen and oxygen atoms in total. The molecule has 0 radical (unpaired) electrons.